The zero-order valence-corrected chi connectivity index (χ0v) is 20.0. The highest BCUT2D eigenvalue weighted by Crippen LogP contribution is 2.56. The number of aliphatic hydroxyl groups excluding tert-OH is 1. The van der Waals surface area contributed by atoms with Crippen molar-refractivity contribution in [3.63, 3.8) is 0 Å². The largest absolute Gasteiger partial charge is 0.461 e. The molecular formula is C27H38N2O3. The van der Waals surface area contributed by atoms with Crippen LogP contribution >= 0.6 is 0 Å². The summed E-state index contributed by atoms with van der Waals surface area (Å²) in [6, 6.07) is 6.69. The van der Waals surface area contributed by atoms with E-state index in [-0.39, 0.29) is 29.3 Å². The Bertz CT molecular complexity index is 919. The number of nitrogens with zero attached hydrogens (tertiary/aromatic N) is 2. The first-order valence-electron chi connectivity index (χ1n) is 12.4. The van der Waals surface area contributed by atoms with Gasteiger partial charge in [0.1, 0.15) is 6.10 Å². The SMILES string of the molecule is Cc1ccc(N2CCN(C[C@@H]3C(=O)O[C@@H]4CC5=CCC[C@@H](C)[C@@]5(C)[C@H](O)[C@@H]34)CC2)cc1C. The maximum atomic E-state index is 12.9. The Morgan fingerprint density at radius 2 is 1.91 bits per heavy atom. The number of aliphatic hydroxyl groups is 1. The summed E-state index contributed by atoms with van der Waals surface area (Å²) < 4.78 is 5.86. The molecule has 3 fully saturated rings. The van der Waals surface area contributed by atoms with Gasteiger partial charge in [0.2, 0.25) is 0 Å². The summed E-state index contributed by atoms with van der Waals surface area (Å²) >= 11 is 0. The molecule has 0 bridgehead atoms. The molecule has 1 aromatic rings. The number of hydrogen-bond donors (Lipinski definition) is 1. The predicted octanol–water partition coefficient (Wildman–Crippen LogP) is 3.71. The summed E-state index contributed by atoms with van der Waals surface area (Å²) in [6.07, 6.45) is 4.59. The zero-order chi connectivity index (χ0) is 22.6. The molecule has 5 heteroatoms. The van der Waals surface area contributed by atoms with Crippen molar-refractivity contribution < 1.29 is 14.6 Å². The van der Waals surface area contributed by atoms with Gasteiger partial charge in [-0.25, -0.2) is 0 Å². The highest BCUT2D eigenvalue weighted by molar-refractivity contribution is 5.76. The Morgan fingerprint density at radius 3 is 2.62 bits per heavy atom. The number of carbonyl (C=O) groups excluding carboxylic acids is 1. The van der Waals surface area contributed by atoms with Crippen LogP contribution in [0.15, 0.2) is 29.8 Å². The minimum atomic E-state index is -0.518. The molecule has 0 aromatic heterocycles. The van der Waals surface area contributed by atoms with Crippen LogP contribution in [0, 0.1) is 37.0 Å². The molecule has 4 aliphatic rings. The fourth-order valence-corrected chi connectivity index (χ4v) is 6.66. The van der Waals surface area contributed by atoms with Crippen molar-refractivity contribution in [1.29, 1.82) is 0 Å². The Hall–Kier alpha value is -1.85. The van der Waals surface area contributed by atoms with Gasteiger partial charge in [-0.3, -0.25) is 9.69 Å². The third-order valence-electron chi connectivity index (χ3n) is 9.25. The molecule has 1 N–H and O–H groups in total. The molecule has 5 rings (SSSR count). The zero-order valence-electron chi connectivity index (χ0n) is 20.0. The molecule has 0 amide bonds. The van der Waals surface area contributed by atoms with Gasteiger partial charge >= 0.3 is 5.97 Å². The van der Waals surface area contributed by atoms with E-state index in [0.717, 1.165) is 45.4 Å². The normalized spacial score (nSPS) is 37.5. The Balaban J connectivity index is 1.27. The Morgan fingerprint density at radius 1 is 1.16 bits per heavy atom. The number of hydrogen-bond acceptors (Lipinski definition) is 5. The van der Waals surface area contributed by atoms with Gasteiger partial charge in [-0.15, -0.1) is 0 Å². The summed E-state index contributed by atoms with van der Waals surface area (Å²) in [7, 11) is 0. The fraction of sp³-hybridized carbons (Fsp3) is 0.667. The summed E-state index contributed by atoms with van der Waals surface area (Å²) in [5.41, 5.74) is 5.02. The monoisotopic (exact) mass is 438 g/mol. The average Bonchev–Trinajstić information content (AvgIpc) is 3.08. The first-order valence-corrected chi connectivity index (χ1v) is 12.4. The van der Waals surface area contributed by atoms with Crippen molar-refractivity contribution in [3.05, 3.63) is 41.0 Å². The van der Waals surface area contributed by atoms with E-state index in [4.69, 9.17) is 4.74 Å². The lowest BCUT2D eigenvalue weighted by atomic mass is 9.55. The predicted molar refractivity (Wildman–Crippen MR) is 127 cm³/mol. The molecule has 174 valence electrons. The Labute approximate surface area is 192 Å². The van der Waals surface area contributed by atoms with Crippen molar-refractivity contribution in [2.75, 3.05) is 37.6 Å². The van der Waals surface area contributed by atoms with Crippen LogP contribution in [0.4, 0.5) is 5.69 Å². The molecule has 0 radical (unpaired) electrons. The second-order valence-corrected chi connectivity index (χ2v) is 10.9. The van der Waals surface area contributed by atoms with Gasteiger partial charge in [0.05, 0.1) is 12.0 Å². The average molecular weight is 439 g/mol. The second-order valence-electron chi connectivity index (χ2n) is 10.9. The number of allylic oxidation sites excluding steroid dienone is 1. The number of benzene rings is 1. The number of piperazine rings is 1. The first-order chi connectivity index (χ1) is 15.3. The van der Waals surface area contributed by atoms with E-state index < -0.39 is 6.10 Å². The molecule has 0 spiro atoms. The molecule has 5 nitrogen and oxygen atoms in total. The molecule has 6 atom stereocenters. The van der Waals surface area contributed by atoms with E-state index >= 15 is 0 Å². The van der Waals surface area contributed by atoms with E-state index in [9.17, 15) is 9.90 Å². The highest BCUT2D eigenvalue weighted by atomic mass is 16.6. The topological polar surface area (TPSA) is 53.0 Å². The molecule has 0 unspecified atom stereocenters. The van der Waals surface area contributed by atoms with Crippen LogP contribution < -0.4 is 4.90 Å². The number of carbonyl (C=O) groups is 1. The van der Waals surface area contributed by atoms with E-state index in [1.807, 2.05) is 0 Å². The first kappa shape index (κ1) is 22.0. The number of rotatable bonds is 3. The number of aryl methyl sites for hydroxylation is 2. The van der Waals surface area contributed by atoms with Gasteiger partial charge in [-0.2, -0.15) is 0 Å². The summed E-state index contributed by atoms with van der Waals surface area (Å²) in [5.74, 6) is 0.00102. The highest BCUT2D eigenvalue weighted by Gasteiger charge is 2.59. The van der Waals surface area contributed by atoms with E-state index in [0.29, 0.717) is 12.5 Å². The Kier molecular flexibility index (Phi) is 5.61. The summed E-state index contributed by atoms with van der Waals surface area (Å²) in [5, 5.41) is 11.6. The van der Waals surface area contributed by atoms with Crippen LogP contribution in [0.5, 0.6) is 0 Å². The van der Waals surface area contributed by atoms with Gasteiger partial charge in [-0.05, 0) is 55.9 Å². The van der Waals surface area contributed by atoms with E-state index in [2.05, 4.69) is 61.8 Å². The van der Waals surface area contributed by atoms with Gasteiger partial charge in [0.15, 0.2) is 0 Å². The van der Waals surface area contributed by atoms with Crippen molar-refractivity contribution >= 4 is 11.7 Å². The maximum Gasteiger partial charge on any atom is 0.311 e. The van der Waals surface area contributed by atoms with E-state index in [1.54, 1.807) is 0 Å². The number of fused-ring (bicyclic) bond motifs is 2. The van der Waals surface area contributed by atoms with Crippen molar-refractivity contribution in [3.8, 4) is 0 Å². The van der Waals surface area contributed by atoms with Gasteiger partial charge in [0.25, 0.3) is 0 Å². The molecule has 2 saturated heterocycles. The maximum absolute atomic E-state index is 12.9. The lowest BCUT2D eigenvalue weighted by Gasteiger charge is -2.52. The summed E-state index contributed by atoms with van der Waals surface area (Å²) in [4.78, 5) is 17.8. The van der Waals surface area contributed by atoms with Gasteiger partial charge in [-0.1, -0.05) is 31.6 Å². The minimum absolute atomic E-state index is 0.0945. The molecule has 2 aliphatic heterocycles. The molecule has 1 aromatic carbocycles. The molecule has 32 heavy (non-hydrogen) atoms. The molecular weight excluding hydrogens is 400 g/mol. The van der Waals surface area contributed by atoms with Crippen LogP contribution in [-0.2, 0) is 9.53 Å². The summed E-state index contributed by atoms with van der Waals surface area (Å²) in [6.45, 7) is 13.3. The quantitative estimate of drug-likeness (QED) is 0.576. The molecule has 1 saturated carbocycles. The number of ether oxygens (including phenoxy) is 1. The smallest absolute Gasteiger partial charge is 0.311 e. The van der Waals surface area contributed by atoms with Crippen LogP contribution in [0.1, 0.15) is 44.2 Å². The lowest BCUT2D eigenvalue weighted by molar-refractivity contribution is -0.145. The van der Waals surface area contributed by atoms with E-state index in [1.165, 1.54) is 22.4 Å². The standard InChI is InChI=1S/C27H38N2O3/c1-17-8-9-21(14-18(17)2)29-12-10-28(11-13-29)16-22-24-23(32-26(22)31)15-20-7-5-6-19(3)27(20,4)25(24)30/h7-9,14,19,22-25,30H,5-6,10-13,15-16H2,1-4H3/t19-,22+,23-,24+,25-,27-/m1/s1. The molecule has 2 heterocycles. The van der Waals surface area contributed by atoms with Crippen LogP contribution in [-0.4, -0.2) is 60.9 Å². The number of anilines is 1. The minimum Gasteiger partial charge on any atom is -0.461 e. The third kappa shape index (κ3) is 3.49. The number of esters is 1. The van der Waals surface area contributed by atoms with Crippen LogP contribution in [0.2, 0.25) is 0 Å². The third-order valence-corrected chi connectivity index (χ3v) is 9.25. The second kappa shape index (κ2) is 8.18. The van der Waals surface area contributed by atoms with Crippen LogP contribution in [0.3, 0.4) is 0 Å². The lowest BCUT2D eigenvalue weighted by Crippen LogP contribution is -2.55. The van der Waals surface area contributed by atoms with Crippen molar-refractivity contribution in [2.24, 2.45) is 23.2 Å². The van der Waals surface area contributed by atoms with Crippen molar-refractivity contribution in [2.45, 2.75) is 59.2 Å². The van der Waals surface area contributed by atoms with Gasteiger partial charge < -0.3 is 14.7 Å². The molecule has 2 aliphatic carbocycles. The van der Waals surface area contributed by atoms with Gasteiger partial charge in [0, 0.05) is 56.2 Å². The fourth-order valence-electron chi connectivity index (χ4n) is 6.66. The van der Waals surface area contributed by atoms with Crippen LogP contribution in [0.25, 0.3) is 0 Å². The van der Waals surface area contributed by atoms with Crippen molar-refractivity contribution in [1.82, 2.24) is 4.90 Å².